The van der Waals surface area contributed by atoms with E-state index in [1.54, 1.807) is 6.07 Å². The van der Waals surface area contributed by atoms with Crippen LogP contribution in [-0.2, 0) is 10.2 Å². The minimum atomic E-state index is -0.293. The van der Waals surface area contributed by atoms with Gasteiger partial charge in [0.05, 0.1) is 18.1 Å². The van der Waals surface area contributed by atoms with Crippen molar-refractivity contribution < 1.29 is 14.5 Å². The van der Waals surface area contributed by atoms with Crippen molar-refractivity contribution in [3.8, 4) is 0 Å². The normalized spacial score (nSPS) is 16.8. The van der Waals surface area contributed by atoms with Crippen LogP contribution in [0.3, 0.4) is 0 Å². The van der Waals surface area contributed by atoms with E-state index in [2.05, 4.69) is 16.4 Å². The molecule has 1 aromatic carbocycles. The highest BCUT2D eigenvalue weighted by molar-refractivity contribution is 7.13. The highest BCUT2D eigenvalue weighted by Gasteiger charge is 2.41. The van der Waals surface area contributed by atoms with Gasteiger partial charge in [-0.15, -0.1) is 0 Å². The molecule has 110 valence electrons. The predicted molar refractivity (Wildman–Crippen MR) is 82.3 cm³/mol. The van der Waals surface area contributed by atoms with E-state index in [0.29, 0.717) is 5.56 Å². The number of nitrogens with two attached hydrogens (primary N) is 1. The fourth-order valence-corrected chi connectivity index (χ4v) is 4.00. The van der Waals surface area contributed by atoms with E-state index < -0.39 is 0 Å². The molecule has 1 heterocycles. The number of methoxy groups -OCH3 is 1. The van der Waals surface area contributed by atoms with Gasteiger partial charge in [-0.25, -0.2) is 9.78 Å². The van der Waals surface area contributed by atoms with Crippen molar-refractivity contribution >= 4 is 22.4 Å². The van der Waals surface area contributed by atoms with E-state index in [-0.39, 0.29) is 11.4 Å². The first-order valence-electron chi connectivity index (χ1n) is 7.11. The average Bonchev–Trinajstić information content (AvgIpc) is 3.16. The van der Waals surface area contributed by atoms with Gasteiger partial charge in [0.15, 0.2) is 0 Å². The van der Waals surface area contributed by atoms with Crippen molar-refractivity contribution in [2.24, 2.45) is 0 Å². The molecular formula is C16H19N2O2S+. The molecule has 0 spiro atoms. The molecule has 2 aromatic rings. The lowest BCUT2D eigenvalue weighted by Gasteiger charge is -2.26. The molecule has 5 heteroatoms. The fraction of sp³-hybridized carbons (Fsp3) is 0.375. The van der Waals surface area contributed by atoms with Crippen LogP contribution in [0, 0.1) is 0 Å². The molecule has 3 N–H and O–H groups in total. The maximum atomic E-state index is 11.8. The summed E-state index contributed by atoms with van der Waals surface area (Å²) in [6, 6.07) is 7.78. The number of aromatic nitrogens is 1. The summed E-state index contributed by atoms with van der Waals surface area (Å²) < 4.78 is 4.83. The summed E-state index contributed by atoms with van der Waals surface area (Å²) in [7, 11) is 1.41. The van der Waals surface area contributed by atoms with E-state index in [1.807, 2.05) is 12.1 Å². The van der Waals surface area contributed by atoms with Gasteiger partial charge in [0.25, 0.3) is 0 Å². The number of ether oxygens (including phenoxy) is 1. The second kappa shape index (κ2) is 5.48. The highest BCUT2D eigenvalue weighted by atomic mass is 32.1. The van der Waals surface area contributed by atoms with Crippen LogP contribution < -0.4 is 10.7 Å². The van der Waals surface area contributed by atoms with Crippen LogP contribution in [0.5, 0.6) is 0 Å². The Balaban J connectivity index is 2.08. The van der Waals surface area contributed by atoms with Crippen LogP contribution >= 0.6 is 11.3 Å². The van der Waals surface area contributed by atoms with E-state index >= 15 is 0 Å². The number of hydrogen-bond acceptors (Lipinski definition) is 4. The third kappa shape index (κ3) is 2.42. The Hall–Kier alpha value is -1.88. The van der Waals surface area contributed by atoms with Gasteiger partial charge in [-0.3, -0.25) is 5.73 Å². The molecule has 1 aliphatic rings. The SMILES string of the molecule is COC(=O)c1cccc(C2(c3csc(N)[nH+]3)CCCC2)c1. The molecule has 21 heavy (non-hydrogen) atoms. The van der Waals surface area contributed by atoms with E-state index in [9.17, 15) is 4.79 Å². The van der Waals surface area contributed by atoms with Crippen LogP contribution in [0.25, 0.3) is 0 Å². The zero-order valence-electron chi connectivity index (χ0n) is 12.0. The fourth-order valence-electron chi connectivity index (χ4n) is 3.30. The van der Waals surface area contributed by atoms with Gasteiger partial charge >= 0.3 is 11.1 Å². The molecule has 0 atom stereocenters. The van der Waals surface area contributed by atoms with E-state index in [4.69, 9.17) is 10.5 Å². The number of hydrogen-bond donors (Lipinski definition) is 1. The third-order valence-corrected chi connectivity index (χ3v) is 5.08. The molecule has 4 nitrogen and oxygen atoms in total. The van der Waals surface area contributed by atoms with Gasteiger partial charge in [-0.05, 0) is 30.5 Å². The minimum absolute atomic E-state index is 0.0574. The summed E-state index contributed by atoms with van der Waals surface area (Å²) >= 11 is 1.53. The van der Waals surface area contributed by atoms with Crippen LogP contribution in [-0.4, -0.2) is 13.1 Å². The number of esters is 1. The zero-order valence-corrected chi connectivity index (χ0v) is 12.8. The maximum absolute atomic E-state index is 11.8. The molecule has 0 aliphatic heterocycles. The Morgan fingerprint density at radius 2 is 2.14 bits per heavy atom. The van der Waals surface area contributed by atoms with Gasteiger partial charge < -0.3 is 4.74 Å². The lowest BCUT2D eigenvalue weighted by Crippen LogP contribution is -2.31. The topological polar surface area (TPSA) is 66.5 Å². The van der Waals surface area contributed by atoms with E-state index in [0.717, 1.165) is 29.2 Å². The molecule has 1 saturated carbocycles. The van der Waals surface area contributed by atoms with E-state index in [1.165, 1.54) is 31.3 Å². The number of rotatable bonds is 3. The number of nitrogens with one attached hydrogen (secondary N) is 1. The minimum Gasteiger partial charge on any atom is -0.465 e. The van der Waals surface area contributed by atoms with Crippen LogP contribution in [0.1, 0.15) is 47.3 Å². The number of H-pyrrole nitrogens is 1. The van der Waals surface area contributed by atoms with Gasteiger partial charge in [-0.1, -0.05) is 36.3 Å². The lowest BCUT2D eigenvalue weighted by molar-refractivity contribution is -0.373. The smallest absolute Gasteiger partial charge is 0.337 e. The molecule has 0 amide bonds. The molecule has 0 radical (unpaired) electrons. The number of thiazole rings is 1. The number of benzene rings is 1. The predicted octanol–water partition coefficient (Wildman–Crippen LogP) is 2.79. The summed E-state index contributed by atoms with van der Waals surface area (Å²) in [4.78, 5) is 15.1. The Morgan fingerprint density at radius 3 is 2.76 bits per heavy atom. The molecule has 0 bridgehead atoms. The summed E-state index contributed by atoms with van der Waals surface area (Å²) in [5, 5.41) is 2.83. The summed E-state index contributed by atoms with van der Waals surface area (Å²) in [5.74, 6) is -0.293. The van der Waals surface area contributed by atoms with Gasteiger partial charge in [0.2, 0.25) is 0 Å². The first-order valence-corrected chi connectivity index (χ1v) is 7.99. The van der Waals surface area contributed by atoms with Crippen molar-refractivity contribution in [3.05, 3.63) is 46.5 Å². The molecule has 1 aromatic heterocycles. The molecular weight excluding hydrogens is 284 g/mol. The van der Waals surface area contributed by atoms with Crippen molar-refractivity contribution in [1.82, 2.24) is 0 Å². The van der Waals surface area contributed by atoms with Crippen molar-refractivity contribution in [1.29, 1.82) is 0 Å². The number of anilines is 1. The van der Waals surface area contributed by atoms with Gasteiger partial charge in [0, 0.05) is 5.38 Å². The summed E-state index contributed by atoms with van der Waals surface area (Å²) in [6.07, 6.45) is 4.52. The third-order valence-electron chi connectivity index (χ3n) is 4.37. The Kier molecular flexibility index (Phi) is 3.68. The van der Waals surface area contributed by atoms with Crippen LogP contribution in [0.4, 0.5) is 5.13 Å². The molecule has 0 unspecified atom stereocenters. The van der Waals surface area contributed by atoms with Crippen molar-refractivity contribution in [2.75, 3.05) is 12.8 Å². The molecule has 3 rings (SSSR count). The Morgan fingerprint density at radius 1 is 1.38 bits per heavy atom. The second-order valence-corrected chi connectivity index (χ2v) is 6.41. The summed E-state index contributed by atoms with van der Waals surface area (Å²) in [5.41, 5.74) is 8.74. The second-order valence-electron chi connectivity index (χ2n) is 5.50. The summed E-state index contributed by atoms with van der Waals surface area (Å²) in [6.45, 7) is 0. The van der Waals surface area contributed by atoms with Gasteiger partial charge in [0.1, 0.15) is 5.69 Å². The molecule has 1 fully saturated rings. The Labute approximate surface area is 128 Å². The van der Waals surface area contributed by atoms with Crippen LogP contribution in [0.15, 0.2) is 29.6 Å². The average molecular weight is 303 g/mol. The van der Waals surface area contributed by atoms with Gasteiger partial charge in [-0.2, -0.15) is 0 Å². The van der Waals surface area contributed by atoms with Crippen molar-refractivity contribution in [2.45, 2.75) is 31.1 Å². The van der Waals surface area contributed by atoms with Crippen LogP contribution in [0.2, 0.25) is 0 Å². The monoisotopic (exact) mass is 303 g/mol. The highest BCUT2D eigenvalue weighted by Crippen LogP contribution is 2.45. The largest absolute Gasteiger partial charge is 0.465 e. The maximum Gasteiger partial charge on any atom is 0.337 e. The molecule has 1 aliphatic carbocycles. The Bertz CT molecular complexity index is 660. The number of aromatic amines is 1. The molecule has 0 saturated heterocycles. The number of nitrogen functional groups attached to an aromatic ring is 1. The number of carbonyl (C=O) groups is 1. The zero-order chi connectivity index (χ0) is 14.9. The standard InChI is InChI=1S/C16H18N2O2S/c1-20-14(19)11-5-4-6-12(9-11)16(7-2-3-8-16)13-10-21-15(17)18-13/h4-6,9-10H,2-3,7-8H2,1H3,(H2,17,18)/p+1. The first kappa shape index (κ1) is 14.1. The quantitative estimate of drug-likeness (QED) is 0.887. The lowest BCUT2D eigenvalue weighted by atomic mass is 9.76. The number of carbonyl (C=O) groups excluding carboxylic acids is 1. The first-order chi connectivity index (χ1) is 10.2. The van der Waals surface area contributed by atoms with Crippen molar-refractivity contribution in [3.63, 3.8) is 0 Å².